The number of hydrogen-bond acceptors (Lipinski definition) is 2. The Bertz CT molecular complexity index is 258. The van der Waals surface area contributed by atoms with Gasteiger partial charge in [0.05, 0.1) is 12.9 Å². The Kier molecular flexibility index (Phi) is 3.11. The first-order valence-corrected chi connectivity index (χ1v) is 3.78. The van der Waals surface area contributed by atoms with Crippen molar-refractivity contribution in [3.63, 3.8) is 0 Å². The highest BCUT2D eigenvalue weighted by Crippen LogP contribution is 2.12. The van der Waals surface area contributed by atoms with Crippen LogP contribution in [-0.4, -0.2) is 19.4 Å². The third kappa shape index (κ3) is 1.77. The van der Waals surface area contributed by atoms with Crippen LogP contribution in [0.4, 0.5) is 5.69 Å². The zero-order chi connectivity index (χ0) is 7.52. The SMILES string of the molecule is C1=NCCN1c1ccccc1.Cl. The van der Waals surface area contributed by atoms with Gasteiger partial charge in [0.15, 0.2) is 0 Å². The van der Waals surface area contributed by atoms with Crippen LogP contribution in [0.2, 0.25) is 0 Å². The summed E-state index contributed by atoms with van der Waals surface area (Å²) >= 11 is 0. The number of halogens is 1. The van der Waals surface area contributed by atoms with Crippen LogP contribution in [0, 0.1) is 0 Å². The lowest BCUT2D eigenvalue weighted by Gasteiger charge is -2.12. The lowest BCUT2D eigenvalue weighted by atomic mass is 10.3. The minimum Gasteiger partial charge on any atom is -0.331 e. The van der Waals surface area contributed by atoms with Gasteiger partial charge in [-0.3, -0.25) is 4.99 Å². The highest BCUT2D eigenvalue weighted by Gasteiger charge is 2.05. The van der Waals surface area contributed by atoms with Crippen LogP contribution in [0.15, 0.2) is 35.3 Å². The van der Waals surface area contributed by atoms with E-state index in [1.54, 1.807) is 0 Å². The second-order valence-corrected chi connectivity index (χ2v) is 2.55. The summed E-state index contributed by atoms with van der Waals surface area (Å²) in [5.41, 5.74) is 1.23. The Morgan fingerprint density at radius 2 is 1.92 bits per heavy atom. The quantitative estimate of drug-likeness (QED) is 0.649. The van der Waals surface area contributed by atoms with Crippen LogP contribution in [-0.2, 0) is 0 Å². The molecule has 3 heteroatoms. The smallest absolute Gasteiger partial charge is 0.0895 e. The van der Waals surface area contributed by atoms with E-state index in [4.69, 9.17) is 0 Å². The van der Waals surface area contributed by atoms with Gasteiger partial charge in [0.1, 0.15) is 0 Å². The molecule has 0 radical (unpaired) electrons. The molecular weight excluding hydrogens is 172 g/mol. The molecule has 0 amide bonds. The number of nitrogens with zero attached hydrogens (tertiary/aromatic N) is 2. The maximum atomic E-state index is 4.14. The van der Waals surface area contributed by atoms with E-state index < -0.39 is 0 Å². The topological polar surface area (TPSA) is 15.6 Å². The molecule has 0 aromatic heterocycles. The third-order valence-corrected chi connectivity index (χ3v) is 1.78. The lowest BCUT2D eigenvalue weighted by molar-refractivity contribution is 1.02. The monoisotopic (exact) mass is 182 g/mol. The molecule has 1 aliphatic rings. The zero-order valence-corrected chi connectivity index (χ0v) is 7.50. The van der Waals surface area contributed by atoms with Crippen LogP contribution in [0.5, 0.6) is 0 Å². The van der Waals surface area contributed by atoms with Crippen molar-refractivity contribution in [2.24, 2.45) is 4.99 Å². The Hall–Kier alpha value is -1.02. The Morgan fingerprint density at radius 1 is 1.17 bits per heavy atom. The van der Waals surface area contributed by atoms with Crippen LogP contribution in [0.1, 0.15) is 0 Å². The zero-order valence-electron chi connectivity index (χ0n) is 6.68. The third-order valence-electron chi connectivity index (χ3n) is 1.78. The van der Waals surface area contributed by atoms with E-state index >= 15 is 0 Å². The molecule has 0 bridgehead atoms. The summed E-state index contributed by atoms with van der Waals surface area (Å²) in [7, 11) is 0. The van der Waals surface area contributed by atoms with E-state index in [2.05, 4.69) is 22.0 Å². The van der Waals surface area contributed by atoms with Gasteiger partial charge in [-0.2, -0.15) is 0 Å². The van der Waals surface area contributed by atoms with Gasteiger partial charge in [-0.15, -0.1) is 12.4 Å². The number of hydrogen-bond donors (Lipinski definition) is 0. The van der Waals surface area contributed by atoms with Gasteiger partial charge in [-0.1, -0.05) is 18.2 Å². The minimum atomic E-state index is 0. The van der Waals surface area contributed by atoms with Crippen molar-refractivity contribution in [3.05, 3.63) is 30.3 Å². The van der Waals surface area contributed by atoms with Crippen LogP contribution >= 0.6 is 12.4 Å². The molecule has 1 aromatic carbocycles. The summed E-state index contributed by atoms with van der Waals surface area (Å²) in [5.74, 6) is 0. The number of benzene rings is 1. The first kappa shape index (κ1) is 9.07. The van der Waals surface area contributed by atoms with Gasteiger partial charge < -0.3 is 4.90 Å². The van der Waals surface area contributed by atoms with Crippen LogP contribution in [0.3, 0.4) is 0 Å². The van der Waals surface area contributed by atoms with E-state index in [1.807, 2.05) is 24.5 Å². The van der Waals surface area contributed by atoms with Gasteiger partial charge in [0.25, 0.3) is 0 Å². The van der Waals surface area contributed by atoms with Crippen molar-refractivity contribution in [3.8, 4) is 0 Å². The predicted molar refractivity (Wildman–Crippen MR) is 54.4 cm³/mol. The summed E-state index contributed by atoms with van der Waals surface area (Å²) in [6.07, 6.45) is 1.90. The molecule has 0 saturated carbocycles. The van der Waals surface area contributed by atoms with Crippen molar-refractivity contribution >= 4 is 24.4 Å². The van der Waals surface area contributed by atoms with Gasteiger partial charge >= 0.3 is 0 Å². The summed E-state index contributed by atoms with van der Waals surface area (Å²) in [6.45, 7) is 1.94. The highest BCUT2D eigenvalue weighted by molar-refractivity contribution is 5.85. The summed E-state index contributed by atoms with van der Waals surface area (Å²) in [6, 6.07) is 10.3. The lowest BCUT2D eigenvalue weighted by Crippen LogP contribution is -2.17. The molecule has 0 saturated heterocycles. The van der Waals surface area contributed by atoms with E-state index in [1.165, 1.54) is 5.69 Å². The highest BCUT2D eigenvalue weighted by atomic mass is 35.5. The molecule has 2 rings (SSSR count). The number of rotatable bonds is 1. The summed E-state index contributed by atoms with van der Waals surface area (Å²) in [5, 5.41) is 0. The van der Waals surface area contributed by atoms with E-state index in [0.29, 0.717) is 0 Å². The maximum Gasteiger partial charge on any atom is 0.0895 e. The van der Waals surface area contributed by atoms with E-state index in [9.17, 15) is 0 Å². The Labute approximate surface area is 78.3 Å². The minimum absolute atomic E-state index is 0. The fourth-order valence-corrected chi connectivity index (χ4v) is 1.19. The predicted octanol–water partition coefficient (Wildman–Crippen LogP) is 1.96. The molecule has 1 aliphatic heterocycles. The van der Waals surface area contributed by atoms with Crippen molar-refractivity contribution in [1.29, 1.82) is 0 Å². The van der Waals surface area contributed by atoms with Crippen molar-refractivity contribution in [2.75, 3.05) is 18.0 Å². The van der Waals surface area contributed by atoms with E-state index in [0.717, 1.165) is 13.1 Å². The molecule has 1 heterocycles. The summed E-state index contributed by atoms with van der Waals surface area (Å²) in [4.78, 5) is 6.29. The van der Waals surface area contributed by atoms with Crippen LogP contribution in [0.25, 0.3) is 0 Å². The maximum absolute atomic E-state index is 4.14. The van der Waals surface area contributed by atoms with Crippen molar-refractivity contribution in [2.45, 2.75) is 0 Å². The first-order valence-electron chi connectivity index (χ1n) is 3.78. The first-order chi connectivity index (χ1) is 5.47. The largest absolute Gasteiger partial charge is 0.331 e. The molecule has 0 unspecified atom stereocenters. The normalized spacial score (nSPS) is 14.5. The molecule has 0 N–H and O–H groups in total. The Balaban J connectivity index is 0.000000720. The second kappa shape index (κ2) is 4.12. The average molecular weight is 183 g/mol. The number of anilines is 1. The van der Waals surface area contributed by atoms with Gasteiger partial charge in [-0.05, 0) is 12.1 Å². The fraction of sp³-hybridized carbons (Fsp3) is 0.222. The molecule has 12 heavy (non-hydrogen) atoms. The van der Waals surface area contributed by atoms with Gasteiger partial charge in [0, 0.05) is 12.2 Å². The molecule has 0 fully saturated rings. The molecule has 2 nitrogen and oxygen atoms in total. The average Bonchev–Trinajstić information content (AvgIpc) is 2.58. The summed E-state index contributed by atoms with van der Waals surface area (Å²) < 4.78 is 0. The van der Waals surface area contributed by atoms with Gasteiger partial charge in [0.2, 0.25) is 0 Å². The van der Waals surface area contributed by atoms with E-state index in [-0.39, 0.29) is 12.4 Å². The fourth-order valence-electron chi connectivity index (χ4n) is 1.19. The molecule has 0 spiro atoms. The van der Waals surface area contributed by atoms with Crippen LogP contribution < -0.4 is 4.90 Å². The van der Waals surface area contributed by atoms with Crippen molar-refractivity contribution in [1.82, 2.24) is 0 Å². The van der Waals surface area contributed by atoms with Gasteiger partial charge in [-0.25, -0.2) is 0 Å². The second-order valence-electron chi connectivity index (χ2n) is 2.55. The number of para-hydroxylation sites is 1. The standard InChI is InChI=1S/C9H10N2.ClH/c1-2-4-9(5-3-1)11-7-6-10-8-11;/h1-5,8H,6-7H2;1H. The molecule has 0 aliphatic carbocycles. The molecule has 1 aromatic rings. The van der Waals surface area contributed by atoms with Crippen molar-refractivity contribution < 1.29 is 0 Å². The molecule has 64 valence electrons. The molecular formula is C9H11ClN2. The molecule has 0 atom stereocenters. The Morgan fingerprint density at radius 3 is 2.50 bits per heavy atom. The number of aliphatic imine (C=N–C) groups is 1.